The summed E-state index contributed by atoms with van der Waals surface area (Å²) in [5.74, 6) is 1.42. The van der Waals surface area contributed by atoms with E-state index in [-0.39, 0.29) is 23.7 Å². The number of hydrogen-bond donors (Lipinski definition) is 2. The maximum atomic E-state index is 13.1. The molecule has 0 saturated carbocycles. The lowest BCUT2D eigenvalue weighted by molar-refractivity contribution is -0.127. The number of carbonyl (C=O) groups is 2. The molecule has 1 atom stereocenters. The van der Waals surface area contributed by atoms with Crippen LogP contribution in [0.1, 0.15) is 66.0 Å². The molecule has 214 valence electrons. The molecular weight excluding hydrogens is 518 g/mol. The second-order valence-electron chi connectivity index (χ2n) is 11.1. The van der Waals surface area contributed by atoms with Crippen molar-refractivity contribution in [1.82, 2.24) is 24.2 Å². The van der Waals surface area contributed by atoms with Gasteiger partial charge in [0.2, 0.25) is 5.91 Å². The lowest BCUT2D eigenvalue weighted by atomic mass is 9.97. The van der Waals surface area contributed by atoms with E-state index in [1.54, 1.807) is 24.5 Å². The number of amides is 2. The van der Waals surface area contributed by atoms with Gasteiger partial charge in [0.25, 0.3) is 5.91 Å². The van der Waals surface area contributed by atoms with Gasteiger partial charge in [0, 0.05) is 37.2 Å². The molecule has 3 aromatic heterocycles. The molecule has 0 aliphatic carbocycles. The zero-order valence-electron chi connectivity index (χ0n) is 24.2. The van der Waals surface area contributed by atoms with Gasteiger partial charge in [0.15, 0.2) is 5.76 Å². The Balaban J connectivity index is 1.44. The average molecular weight is 556 g/mol. The van der Waals surface area contributed by atoms with Crippen molar-refractivity contribution >= 4 is 28.8 Å². The number of hydrogen-bond acceptors (Lipinski definition) is 7. The fraction of sp³-hybridized carbons (Fsp3) is 0.355. The molecule has 4 heterocycles. The largest absolute Gasteiger partial charge is 0.462 e. The number of nitrogen functional groups attached to an aromatic ring is 1. The third-order valence-electron chi connectivity index (χ3n) is 7.42. The summed E-state index contributed by atoms with van der Waals surface area (Å²) in [5.41, 5.74) is 10.8. The number of nitrogens with two attached hydrogens (primary N) is 1. The summed E-state index contributed by atoms with van der Waals surface area (Å²) in [5, 5.41) is 2.96. The summed E-state index contributed by atoms with van der Waals surface area (Å²) in [6.07, 6.45) is 9.95. The molecule has 1 saturated heterocycles. The van der Waals surface area contributed by atoms with E-state index in [2.05, 4.69) is 24.1 Å². The highest BCUT2D eigenvalue weighted by atomic mass is 16.3. The van der Waals surface area contributed by atoms with Crippen LogP contribution < -0.4 is 11.1 Å². The summed E-state index contributed by atoms with van der Waals surface area (Å²) in [4.78, 5) is 39.2. The fourth-order valence-electron chi connectivity index (χ4n) is 5.44. The van der Waals surface area contributed by atoms with E-state index < -0.39 is 0 Å². The third-order valence-corrected chi connectivity index (χ3v) is 7.42. The van der Waals surface area contributed by atoms with Crippen molar-refractivity contribution in [3.8, 4) is 11.5 Å². The monoisotopic (exact) mass is 555 g/mol. The fourth-order valence-corrected chi connectivity index (χ4v) is 5.44. The van der Waals surface area contributed by atoms with Crippen LogP contribution in [0.4, 0.5) is 11.5 Å². The van der Waals surface area contributed by atoms with Crippen molar-refractivity contribution in [3.63, 3.8) is 0 Å². The van der Waals surface area contributed by atoms with E-state index >= 15 is 0 Å². The number of likely N-dealkylation sites (tertiary alicyclic amines) is 1. The maximum Gasteiger partial charge on any atom is 0.258 e. The van der Waals surface area contributed by atoms with Crippen molar-refractivity contribution in [2.45, 2.75) is 45.6 Å². The van der Waals surface area contributed by atoms with Crippen LogP contribution in [0.2, 0.25) is 0 Å². The smallest absolute Gasteiger partial charge is 0.258 e. The first kappa shape index (κ1) is 28.1. The van der Waals surface area contributed by atoms with Crippen molar-refractivity contribution in [2.75, 3.05) is 38.2 Å². The number of nitrogens with zero attached hydrogens (tertiary/aromatic N) is 5. The molecular formula is C31H37N7O3. The number of aryl methyl sites for hydroxylation is 1. The number of benzene rings is 1. The topological polar surface area (TPSA) is 122 Å². The molecule has 41 heavy (non-hydrogen) atoms. The van der Waals surface area contributed by atoms with Crippen molar-refractivity contribution in [3.05, 3.63) is 77.6 Å². The number of anilines is 2. The summed E-state index contributed by atoms with van der Waals surface area (Å²) in [6, 6.07) is 7.35. The van der Waals surface area contributed by atoms with Crippen LogP contribution >= 0.6 is 0 Å². The van der Waals surface area contributed by atoms with Crippen LogP contribution in [-0.4, -0.2) is 63.2 Å². The minimum absolute atomic E-state index is 0.0525. The van der Waals surface area contributed by atoms with Gasteiger partial charge in [-0.05, 0) is 69.1 Å². The molecule has 4 aromatic rings. The predicted octanol–water partition coefficient (Wildman–Crippen LogP) is 5.04. The van der Waals surface area contributed by atoms with Gasteiger partial charge in [-0.3, -0.25) is 14.0 Å². The molecule has 0 bridgehead atoms. The van der Waals surface area contributed by atoms with Crippen molar-refractivity contribution < 1.29 is 14.0 Å². The van der Waals surface area contributed by atoms with E-state index in [4.69, 9.17) is 15.1 Å². The number of carbonyl (C=O) groups excluding carboxylic acids is 2. The Morgan fingerprint density at radius 1 is 1.27 bits per heavy atom. The number of aromatic nitrogens is 3. The summed E-state index contributed by atoms with van der Waals surface area (Å²) in [7, 11) is 3.91. The Hall–Kier alpha value is -4.44. The maximum absolute atomic E-state index is 13.1. The van der Waals surface area contributed by atoms with Crippen LogP contribution in [0.5, 0.6) is 0 Å². The standard InChI is InChI=1S/C31H37N7O3/c1-19(2)23-11-10-22(16-20(23)3)34-31(40)21-17-25(41-18-21)27-28-29(32)33-12-15-38(28)30(35-27)24-8-6-14-37(24)26(39)9-7-13-36(4)5/h7,9-12,15-19,24H,6,8,13-14H2,1-5H3,(H2,32,33)(H,34,40)/b9-7+/t24-/m0/s1. The zero-order valence-corrected chi connectivity index (χ0v) is 24.2. The Bertz CT molecular complexity index is 1620. The van der Waals surface area contributed by atoms with Crippen LogP contribution in [0.15, 0.2) is 59.5 Å². The molecule has 1 aliphatic heterocycles. The van der Waals surface area contributed by atoms with Gasteiger partial charge in [-0.25, -0.2) is 9.97 Å². The minimum atomic E-state index is -0.288. The lowest BCUT2D eigenvalue weighted by Crippen LogP contribution is -2.30. The highest BCUT2D eigenvalue weighted by molar-refractivity contribution is 6.05. The molecule has 1 fully saturated rings. The molecule has 0 radical (unpaired) electrons. The molecule has 2 amide bonds. The first-order valence-electron chi connectivity index (χ1n) is 13.9. The molecule has 3 N–H and O–H groups in total. The van der Waals surface area contributed by atoms with Gasteiger partial charge in [-0.1, -0.05) is 26.0 Å². The number of fused-ring (bicyclic) bond motifs is 1. The molecule has 1 aromatic carbocycles. The summed E-state index contributed by atoms with van der Waals surface area (Å²) < 4.78 is 7.73. The molecule has 10 heteroatoms. The van der Waals surface area contributed by atoms with Gasteiger partial charge in [0.1, 0.15) is 29.1 Å². The Kier molecular flexibility index (Phi) is 7.94. The number of rotatable bonds is 8. The molecule has 5 rings (SSSR count). The highest BCUT2D eigenvalue weighted by Gasteiger charge is 2.34. The van der Waals surface area contributed by atoms with Gasteiger partial charge < -0.3 is 25.3 Å². The first-order valence-corrected chi connectivity index (χ1v) is 13.9. The normalized spacial score (nSPS) is 15.6. The molecule has 0 unspecified atom stereocenters. The minimum Gasteiger partial charge on any atom is -0.462 e. The Morgan fingerprint density at radius 3 is 2.80 bits per heavy atom. The second-order valence-corrected chi connectivity index (χ2v) is 11.1. The van der Waals surface area contributed by atoms with Crippen molar-refractivity contribution in [1.29, 1.82) is 0 Å². The van der Waals surface area contributed by atoms with E-state index in [0.29, 0.717) is 53.1 Å². The second kappa shape index (κ2) is 11.6. The highest BCUT2D eigenvalue weighted by Crippen LogP contribution is 2.37. The molecule has 10 nitrogen and oxygen atoms in total. The predicted molar refractivity (Wildman–Crippen MR) is 160 cm³/mol. The van der Waals surface area contributed by atoms with Crippen molar-refractivity contribution in [2.24, 2.45) is 0 Å². The van der Waals surface area contributed by atoms with E-state index in [1.165, 1.54) is 11.8 Å². The van der Waals surface area contributed by atoms with Gasteiger partial charge in [-0.15, -0.1) is 0 Å². The van der Waals surface area contributed by atoms with E-state index in [9.17, 15) is 9.59 Å². The number of nitrogens with one attached hydrogen (secondary N) is 1. The van der Waals surface area contributed by atoms with E-state index in [1.807, 2.05) is 59.5 Å². The summed E-state index contributed by atoms with van der Waals surface area (Å²) in [6.45, 7) is 7.66. The van der Waals surface area contributed by atoms with Crippen LogP contribution in [0.3, 0.4) is 0 Å². The average Bonchev–Trinajstić information content (AvgIpc) is 3.66. The Labute approximate surface area is 239 Å². The quantitative estimate of drug-likeness (QED) is 0.292. The van der Waals surface area contributed by atoms with Gasteiger partial charge >= 0.3 is 0 Å². The molecule has 0 spiro atoms. The Morgan fingerprint density at radius 2 is 2.07 bits per heavy atom. The van der Waals surface area contributed by atoms with Gasteiger partial charge in [0.05, 0.1) is 11.6 Å². The van der Waals surface area contributed by atoms with Crippen LogP contribution in [0, 0.1) is 6.92 Å². The van der Waals surface area contributed by atoms with Crippen LogP contribution in [-0.2, 0) is 4.79 Å². The lowest BCUT2D eigenvalue weighted by Gasteiger charge is -2.22. The number of furan rings is 1. The molecule has 1 aliphatic rings. The summed E-state index contributed by atoms with van der Waals surface area (Å²) >= 11 is 0. The van der Waals surface area contributed by atoms with E-state index in [0.717, 1.165) is 18.4 Å². The van der Waals surface area contributed by atoms with Crippen LogP contribution in [0.25, 0.3) is 17.0 Å². The number of likely N-dealkylation sites (N-methyl/N-ethyl adjacent to an activating group) is 1. The first-order chi connectivity index (χ1) is 19.6. The third kappa shape index (κ3) is 5.74. The zero-order chi connectivity index (χ0) is 29.3. The van der Waals surface area contributed by atoms with Gasteiger partial charge in [-0.2, -0.15) is 0 Å². The number of imidazole rings is 1. The SMILES string of the molecule is Cc1cc(NC(=O)c2coc(-c3nc([C@@H]4CCCN4C(=O)/C=C/CN(C)C)n4ccnc(N)c34)c2)ccc1C(C)C.